The molecule has 0 aromatic heterocycles. The molecule has 5 nitrogen and oxygen atoms in total. The summed E-state index contributed by atoms with van der Waals surface area (Å²) in [5.41, 5.74) is 3.81. The zero-order chi connectivity index (χ0) is 21.5. The van der Waals surface area contributed by atoms with Crippen molar-refractivity contribution in [2.24, 2.45) is 11.8 Å². The van der Waals surface area contributed by atoms with E-state index in [1.54, 1.807) is 21.3 Å². The maximum Gasteiger partial charge on any atom is 0.203 e. The molecule has 30 heavy (non-hydrogen) atoms. The molecule has 2 aromatic carbocycles. The van der Waals surface area contributed by atoms with Gasteiger partial charge in [0.1, 0.15) is 0 Å². The lowest BCUT2D eigenvalue weighted by Gasteiger charge is -2.35. The van der Waals surface area contributed by atoms with Gasteiger partial charge in [0.2, 0.25) is 5.75 Å². The third kappa shape index (κ3) is 5.46. The van der Waals surface area contributed by atoms with Crippen LogP contribution in [0.25, 0.3) is 0 Å². The van der Waals surface area contributed by atoms with Crippen molar-refractivity contribution >= 4 is 0 Å². The third-order valence-corrected chi connectivity index (χ3v) is 5.87. The monoisotopic (exact) mass is 412 g/mol. The van der Waals surface area contributed by atoms with Crippen LogP contribution in [-0.4, -0.2) is 39.3 Å². The Bertz CT molecular complexity index is 814. The molecule has 5 heteroatoms. The van der Waals surface area contributed by atoms with E-state index in [0.29, 0.717) is 23.8 Å². The molecule has 0 radical (unpaired) electrons. The molecule has 0 amide bonds. The van der Waals surface area contributed by atoms with Crippen LogP contribution in [0, 0.1) is 11.8 Å². The summed E-state index contributed by atoms with van der Waals surface area (Å²) in [7, 11) is 4.93. The van der Waals surface area contributed by atoms with Crippen LogP contribution in [0.5, 0.6) is 17.2 Å². The number of nitrogens with zero attached hydrogens (tertiary/aromatic N) is 1. The minimum Gasteiger partial charge on any atom is -0.493 e. The van der Waals surface area contributed by atoms with E-state index >= 15 is 0 Å². The Morgan fingerprint density at radius 3 is 2.07 bits per heavy atom. The molecular formula is C25H36N2O3. The quantitative estimate of drug-likeness (QED) is 0.658. The summed E-state index contributed by atoms with van der Waals surface area (Å²) >= 11 is 0. The minimum atomic E-state index is 0.632. The molecule has 1 saturated heterocycles. The Kier molecular flexibility index (Phi) is 8.00. The largest absolute Gasteiger partial charge is 0.493 e. The first-order valence-corrected chi connectivity index (χ1v) is 10.8. The molecule has 2 unspecified atom stereocenters. The fraction of sp³-hybridized carbons (Fsp3) is 0.520. The van der Waals surface area contributed by atoms with Gasteiger partial charge in [-0.1, -0.05) is 44.2 Å². The number of likely N-dealkylation sites (tertiary alicyclic amines) is 1. The highest BCUT2D eigenvalue weighted by molar-refractivity contribution is 5.55. The molecule has 1 fully saturated rings. The van der Waals surface area contributed by atoms with Gasteiger partial charge in [-0.2, -0.15) is 0 Å². The zero-order valence-corrected chi connectivity index (χ0v) is 19.0. The lowest BCUT2D eigenvalue weighted by Crippen LogP contribution is -2.38. The highest BCUT2D eigenvalue weighted by Gasteiger charge is 2.22. The second-order valence-corrected chi connectivity index (χ2v) is 8.51. The summed E-state index contributed by atoms with van der Waals surface area (Å²) in [5.74, 6) is 3.57. The number of ether oxygens (including phenoxy) is 3. The Labute approximate surface area is 181 Å². The van der Waals surface area contributed by atoms with Gasteiger partial charge < -0.3 is 19.5 Å². The lowest BCUT2D eigenvalue weighted by molar-refractivity contribution is 0.134. The van der Waals surface area contributed by atoms with Crippen molar-refractivity contribution in [2.75, 3.05) is 34.4 Å². The average molecular weight is 413 g/mol. The van der Waals surface area contributed by atoms with Crippen LogP contribution < -0.4 is 19.5 Å². The van der Waals surface area contributed by atoms with Crippen LogP contribution in [0.4, 0.5) is 0 Å². The molecule has 3 rings (SSSR count). The van der Waals surface area contributed by atoms with E-state index < -0.39 is 0 Å². The highest BCUT2D eigenvalue weighted by atomic mass is 16.5. The van der Waals surface area contributed by atoms with Crippen LogP contribution in [0.1, 0.15) is 37.0 Å². The van der Waals surface area contributed by atoms with Gasteiger partial charge in [0.15, 0.2) is 11.5 Å². The molecule has 0 aliphatic carbocycles. The molecule has 1 aliphatic rings. The second-order valence-electron chi connectivity index (χ2n) is 8.51. The maximum atomic E-state index is 5.61. The molecule has 2 atom stereocenters. The Morgan fingerprint density at radius 2 is 1.43 bits per heavy atom. The van der Waals surface area contributed by atoms with E-state index in [0.717, 1.165) is 30.5 Å². The maximum absolute atomic E-state index is 5.61. The van der Waals surface area contributed by atoms with Gasteiger partial charge in [0.25, 0.3) is 0 Å². The first kappa shape index (κ1) is 22.4. The van der Waals surface area contributed by atoms with Crippen molar-refractivity contribution in [3.05, 3.63) is 53.1 Å². The standard InChI is InChI=1S/C25H36N2O3/c1-18-12-19(2)16-27(15-18)17-22-9-7-6-8-20(22)13-26-14-21-10-11-23(28-3)25(30-5)24(21)29-4/h6-11,18-19,26H,12-17H2,1-5H3. The molecule has 164 valence electrons. The summed E-state index contributed by atoms with van der Waals surface area (Å²) in [6.45, 7) is 9.64. The van der Waals surface area contributed by atoms with Crippen LogP contribution >= 0.6 is 0 Å². The van der Waals surface area contributed by atoms with Crippen molar-refractivity contribution in [3.63, 3.8) is 0 Å². The fourth-order valence-electron chi connectivity index (χ4n) is 4.68. The molecule has 0 bridgehead atoms. The van der Waals surface area contributed by atoms with Gasteiger partial charge in [-0.05, 0) is 35.4 Å². The van der Waals surface area contributed by atoms with Crippen LogP contribution in [0.3, 0.4) is 0 Å². The molecule has 0 saturated carbocycles. The number of rotatable bonds is 9. The Balaban J connectivity index is 1.66. The third-order valence-electron chi connectivity index (χ3n) is 5.87. The fourth-order valence-corrected chi connectivity index (χ4v) is 4.68. The number of methoxy groups -OCH3 is 3. The second kappa shape index (κ2) is 10.7. The van der Waals surface area contributed by atoms with Crippen LogP contribution in [0.2, 0.25) is 0 Å². The van der Waals surface area contributed by atoms with E-state index in [4.69, 9.17) is 14.2 Å². The van der Waals surface area contributed by atoms with Crippen molar-refractivity contribution in [1.29, 1.82) is 0 Å². The van der Waals surface area contributed by atoms with Gasteiger partial charge in [-0.3, -0.25) is 4.90 Å². The predicted octanol–water partition coefficient (Wildman–Crippen LogP) is 4.48. The number of piperidine rings is 1. The normalized spacial score (nSPS) is 19.5. The summed E-state index contributed by atoms with van der Waals surface area (Å²) in [5, 5.41) is 3.58. The van der Waals surface area contributed by atoms with Gasteiger partial charge in [-0.15, -0.1) is 0 Å². The summed E-state index contributed by atoms with van der Waals surface area (Å²) in [4.78, 5) is 2.61. The van der Waals surface area contributed by atoms with Gasteiger partial charge in [-0.25, -0.2) is 0 Å². The molecule has 1 N–H and O–H groups in total. The van der Waals surface area contributed by atoms with E-state index in [1.807, 2.05) is 12.1 Å². The number of benzene rings is 2. The Hall–Kier alpha value is -2.24. The Morgan fingerprint density at radius 1 is 0.800 bits per heavy atom. The first-order valence-electron chi connectivity index (χ1n) is 10.8. The van der Waals surface area contributed by atoms with Crippen molar-refractivity contribution in [3.8, 4) is 17.2 Å². The van der Waals surface area contributed by atoms with E-state index in [9.17, 15) is 0 Å². The first-order chi connectivity index (χ1) is 14.5. The van der Waals surface area contributed by atoms with Crippen LogP contribution in [-0.2, 0) is 19.6 Å². The van der Waals surface area contributed by atoms with Crippen LogP contribution in [0.15, 0.2) is 36.4 Å². The van der Waals surface area contributed by atoms with E-state index in [2.05, 4.69) is 48.3 Å². The van der Waals surface area contributed by atoms with E-state index in [1.165, 1.54) is 30.6 Å². The minimum absolute atomic E-state index is 0.632. The highest BCUT2D eigenvalue weighted by Crippen LogP contribution is 2.39. The number of nitrogens with one attached hydrogen (secondary N) is 1. The summed E-state index contributed by atoms with van der Waals surface area (Å²) in [6.07, 6.45) is 1.34. The van der Waals surface area contributed by atoms with Gasteiger partial charge >= 0.3 is 0 Å². The molecule has 1 aliphatic heterocycles. The predicted molar refractivity (Wildman–Crippen MR) is 121 cm³/mol. The van der Waals surface area contributed by atoms with Gasteiger partial charge in [0.05, 0.1) is 21.3 Å². The summed E-state index contributed by atoms with van der Waals surface area (Å²) < 4.78 is 16.5. The van der Waals surface area contributed by atoms with E-state index in [-0.39, 0.29) is 0 Å². The van der Waals surface area contributed by atoms with Crippen molar-refractivity contribution in [2.45, 2.75) is 39.9 Å². The zero-order valence-electron chi connectivity index (χ0n) is 19.0. The number of hydrogen-bond donors (Lipinski definition) is 1. The van der Waals surface area contributed by atoms with Crippen molar-refractivity contribution < 1.29 is 14.2 Å². The molecular weight excluding hydrogens is 376 g/mol. The average Bonchev–Trinajstić information content (AvgIpc) is 2.73. The smallest absolute Gasteiger partial charge is 0.203 e. The molecule has 2 aromatic rings. The lowest BCUT2D eigenvalue weighted by atomic mass is 9.91. The number of hydrogen-bond acceptors (Lipinski definition) is 5. The van der Waals surface area contributed by atoms with Gasteiger partial charge in [0, 0.05) is 38.3 Å². The molecule has 1 heterocycles. The molecule has 0 spiro atoms. The summed E-state index contributed by atoms with van der Waals surface area (Å²) in [6, 6.07) is 12.7. The topological polar surface area (TPSA) is 43.0 Å². The SMILES string of the molecule is COc1ccc(CNCc2ccccc2CN2CC(C)CC(C)C2)c(OC)c1OC. The van der Waals surface area contributed by atoms with Crippen molar-refractivity contribution in [1.82, 2.24) is 10.2 Å².